The van der Waals surface area contributed by atoms with Crippen molar-refractivity contribution in [3.8, 4) is 0 Å². The van der Waals surface area contributed by atoms with E-state index >= 15 is 0 Å². The highest BCUT2D eigenvalue weighted by atomic mass is 35.5. The molecule has 2 aliphatic heterocycles. The zero-order chi connectivity index (χ0) is 15.2. The number of hydrogen-bond donors (Lipinski definition) is 2. The summed E-state index contributed by atoms with van der Waals surface area (Å²) in [6.45, 7) is 9.42. The molecule has 0 aromatic rings. The van der Waals surface area contributed by atoms with Gasteiger partial charge in [0, 0.05) is 38.6 Å². The van der Waals surface area contributed by atoms with Crippen LogP contribution in [0.25, 0.3) is 0 Å². The van der Waals surface area contributed by atoms with Gasteiger partial charge in [-0.3, -0.25) is 9.69 Å². The summed E-state index contributed by atoms with van der Waals surface area (Å²) in [5.74, 6) is 1.00. The zero-order valence-corrected chi connectivity index (χ0v) is 16.0. The molecule has 2 aliphatic rings. The molecule has 0 saturated carbocycles. The molecule has 0 spiro atoms. The molecule has 0 bridgehead atoms. The van der Waals surface area contributed by atoms with Crippen LogP contribution < -0.4 is 5.32 Å². The molecule has 0 aliphatic carbocycles. The maximum atomic E-state index is 12.4. The van der Waals surface area contributed by atoms with Gasteiger partial charge in [0.2, 0.25) is 5.91 Å². The molecule has 2 fully saturated rings. The molecule has 23 heavy (non-hydrogen) atoms. The number of β-amino-alcohol motifs (C(OH)–C–C–N with tert-alkyl or cyclic N) is 1. The van der Waals surface area contributed by atoms with E-state index in [1.54, 1.807) is 0 Å². The predicted octanol–water partition coefficient (Wildman–Crippen LogP) is 1.52. The predicted molar refractivity (Wildman–Crippen MR) is 98.6 cm³/mol. The minimum Gasteiger partial charge on any atom is -0.392 e. The van der Waals surface area contributed by atoms with Crippen LogP contribution in [-0.2, 0) is 4.79 Å². The minimum atomic E-state index is -0.295. The zero-order valence-electron chi connectivity index (χ0n) is 14.4. The van der Waals surface area contributed by atoms with E-state index in [-0.39, 0.29) is 30.9 Å². The second-order valence-electron chi connectivity index (χ2n) is 6.64. The summed E-state index contributed by atoms with van der Waals surface area (Å²) >= 11 is 0. The Hall–Kier alpha value is -0.0700. The number of carbonyl (C=O) groups excluding carboxylic acids is 1. The van der Waals surface area contributed by atoms with E-state index in [0.29, 0.717) is 30.8 Å². The van der Waals surface area contributed by atoms with Crippen LogP contribution in [-0.4, -0.2) is 72.2 Å². The van der Waals surface area contributed by atoms with Gasteiger partial charge in [-0.2, -0.15) is 0 Å². The number of aliphatic hydroxyl groups is 1. The molecule has 2 N–H and O–H groups in total. The average Bonchev–Trinajstić information content (AvgIpc) is 2.98. The number of amides is 1. The quantitative estimate of drug-likeness (QED) is 0.745. The average molecular weight is 370 g/mol. The maximum Gasteiger partial charge on any atom is 0.222 e. The summed E-state index contributed by atoms with van der Waals surface area (Å²) in [5, 5.41) is 12.9. The Morgan fingerprint density at radius 1 is 1.35 bits per heavy atom. The molecule has 1 amide bonds. The molecule has 0 aromatic heterocycles. The Balaban J connectivity index is 0.00000242. The second-order valence-corrected chi connectivity index (χ2v) is 6.64. The van der Waals surface area contributed by atoms with Crippen LogP contribution >= 0.6 is 24.8 Å². The Kier molecular flexibility index (Phi) is 11.4. The van der Waals surface area contributed by atoms with Crippen molar-refractivity contribution in [1.29, 1.82) is 0 Å². The van der Waals surface area contributed by atoms with Gasteiger partial charge in [-0.15, -0.1) is 24.8 Å². The third-order valence-corrected chi connectivity index (χ3v) is 4.86. The SMILES string of the molecule is CCC1CN(C(=O)CCC2CCNC2)CCN1CC(C)O.Cl.Cl. The normalized spacial score (nSPS) is 26.3. The third kappa shape index (κ3) is 7.14. The van der Waals surface area contributed by atoms with Gasteiger partial charge in [-0.25, -0.2) is 0 Å². The Morgan fingerprint density at radius 3 is 2.65 bits per heavy atom. The molecular weight excluding hydrogens is 337 g/mol. The number of nitrogens with one attached hydrogen (secondary N) is 1. The number of halogens is 2. The molecule has 0 radical (unpaired) electrons. The van der Waals surface area contributed by atoms with E-state index in [2.05, 4.69) is 17.1 Å². The van der Waals surface area contributed by atoms with Crippen LogP contribution in [0.2, 0.25) is 0 Å². The summed E-state index contributed by atoms with van der Waals surface area (Å²) in [5.41, 5.74) is 0. The van der Waals surface area contributed by atoms with Gasteiger partial charge >= 0.3 is 0 Å². The Morgan fingerprint density at radius 2 is 2.09 bits per heavy atom. The van der Waals surface area contributed by atoms with Crippen molar-refractivity contribution >= 4 is 30.7 Å². The summed E-state index contributed by atoms with van der Waals surface area (Å²) < 4.78 is 0. The topological polar surface area (TPSA) is 55.8 Å². The molecule has 2 heterocycles. The lowest BCUT2D eigenvalue weighted by molar-refractivity contribution is -0.134. The molecule has 5 nitrogen and oxygen atoms in total. The van der Waals surface area contributed by atoms with Crippen LogP contribution in [0.5, 0.6) is 0 Å². The van der Waals surface area contributed by atoms with E-state index in [0.717, 1.165) is 45.6 Å². The van der Waals surface area contributed by atoms with E-state index < -0.39 is 0 Å². The molecule has 3 atom stereocenters. The van der Waals surface area contributed by atoms with Gasteiger partial charge < -0.3 is 15.3 Å². The highest BCUT2D eigenvalue weighted by Crippen LogP contribution is 2.18. The highest BCUT2D eigenvalue weighted by molar-refractivity contribution is 5.85. The van der Waals surface area contributed by atoms with Gasteiger partial charge in [0.15, 0.2) is 0 Å². The fourth-order valence-electron chi connectivity index (χ4n) is 3.53. The van der Waals surface area contributed by atoms with Crippen molar-refractivity contribution in [2.75, 3.05) is 39.3 Å². The largest absolute Gasteiger partial charge is 0.392 e. The molecule has 2 rings (SSSR count). The molecule has 0 aromatic carbocycles. The third-order valence-electron chi connectivity index (χ3n) is 4.86. The number of aliphatic hydroxyl groups excluding tert-OH is 1. The summed E-state index contributed by atoms with van der Waals surface area (Å²) in [7, 11) is 0. The first kappa shape index (κ1) is 22.9. The Labute approximate surface area is 153 Å². The Bertz CT molecular complexity index is 339. The van der Waals surface area contributed by atoms with Crippen molar-refractivity contribution in [2.45, 2.75) is 51.7 Å². The van der Waals surface area contributed by atoms with Gasteiger partial charge in [0.05, 0.1) is 6.10 Å². The highest BCUT2D eigenvalue weighted by Gasteiger charge is 2.29. The van der Waals surface area contributed by atoms with Crippen molar-refractivity contribution in [3.05, 3.63) is 0 Å². The smallest absolute Gasteiger partial charge is 0.222 e. The van der Waals surface area contributed by atoms with Gasteiger partial charge in [-0.05, 0) is 45.2 Å². The number of rotatable bonds is 6. The van der Waals surface area contributed by atoms with E-state index in [4.69, 9.17) is 0 Å². The van der Waals surface area contributed by atoms with Crippen LogP contribution in [0.3, 0.4) is 0 Å². The van der Waals surface area contributed by atoms with Crippen LogP contribution in [0.4, 0.5) is 0 Å². The van der Waals surface area contributed by atoms with Crippen LogP contribution in [0, 0.1) is 5.92 Å². The van der Waals surface area contributed by atoms with Gasteiger partial charge in [0.1, 0.15) is 0 Å². The standard InChI is InChI=1S/C16H31N3O2.2ClH/c1-3-15-12-19(9-8-18(15)11-13(2)20)16(21)5-4-14-6-7-17-10-14;;/h13-15,17,20H,3-12H2,1-2H3;2*1H. The first-order valence-corrected chi connectivity index (χ1v) is 8.50. The van der Waals surface area contributed by atoms with Crippen molar-refractivity contribution < 1.29 is 9.90 Å². The minimum absolute atomic E-state index is 0. The lowest BCUT2D eigenvalue weighted by Crippen LogP contribution is -2.55. The first-order valence-electron chi connectivity index (χ1n) is 8.50. The fourth-order valence-corrected chi connectivity index (χ4v) is 3.53. The maximum absolute atomic E-state index is 12.4. The van der Waals surface area contributed by atoms with E-state index in [9.17, 15) is 9.90 Å². The molecule has 138 valence electrons. The van der Waals surface area contributed by atoms with Crippen LogP contribution in [0.1, 0.15) is 39.5 Å². The lowest BCUT2D eigenvalue weighted by Gasteiger charge is -2.41. The van der Waals surface area contributed by atoms with E-state index in [1.165, 1.54) is 6.42 Å². The summed E-state index contributed by atoms with van der Waals surface area (Å²) in [6, 6.07) is 0.394. The summed E-state index contributed by atoms with van der Waals surface area (Å²) in [4.78, 5) is 16.7. The van der Waals surface area contributed by atoms with Crippen molar-refractivity contribution in [2.24, 2.45) is 5.92 Å². The first-order chi connectivity index (χ1) is 10.1. The van der Waals surface area contributed by atoms with Crippen molar-refractivity contribution in [3.63, 3.8) is 0 Å². The molecule has 7 heteroatoms. The number of carbonyl (C=O) groups is 1. The van der Waals surface area contributed by atoms with Crippen LogP contribution in [0.15, 0.2) is 0 Å². The van der Waals surface area contributed by atoms with Gasteiger partial charge in [-0.1, -0.05) is 6.92 Å². The number of nitrogens with zero attached hydrogens (tertiary/aromatic N) is 2. The fraction of sp³-hybridized carbons (Fsp3) is 0.938. The lowest BCUT2D eigenvalue weighted by atomic mass is 10.0. The van der Waals surface area contributed by atoms with Gasteiger partial charge in [0.25, 0.3) is 0 Å². The second kappa shape index (κ2) is 11.5. The van der Waals surface area contributed by atoms with E-state index in [1.807, 2.05) is 11.8 Å². The molecule has 3 unspecified atom stereocenters. The monoisotopic (exact) mass is 369 g/mol. The van der Waals surface area contributed by atoms with Crippen molar-refractivity contribution in [1.82, 2.24) is 15.1 Å². The number of piperazine rings is 1. The molecule has 2 saturated heterocycles. The summed E-state index contributed by atoms with van der Waals surface area (Å²) in [6.07, 6.45) is 3.67. The number of hydrogen-bond acceptors (Lipinski definition) is 4. The molecular formula is C16H33Cl2N3O2.